The predicted molar refractivity (Wildman–Crippen MR) is 38.5 cm³/mol. The highest BCUT2D eigenvalue weighted by molar-refractivity contribution is 5.98. The van der Waals surface area contributed by atoms with E-state index in [0.717, 1.165) is 0 Å². The molecular weight excluding hydrogens is 128 g/mol. The molecule has 2 heteroatoms. The summed E-state index contributed by atoms with van der Waals surface area (Å²) >= 11 is 0. The normalized spacial score (nSPS) is 30.3. The van der Waals surface area contributed by atoms with Crippen molar-refractivity contribution in [2.45, 2.75) is 18.9 Å². The third-order valence-electron chi connectivity index (χ3n) is 1.60. The topological polar surface area (TPSA) is 26.3 Å². The smallest absolute Gasteiger partial charge is 0.202 e. The van der Waals surface area contributed by atoms with Gasteiger partial charge in [0.15, 0.2) is 5.60 Å². The van der Waals surface area contributed by atoms with Crippen molar-refractivity contribution in [3.8, 4) is 0 Å². The van der Waals surface area contributed by atoms with Gasteiger partial charge >= 0.3 is 0 Å². The van der Waals surface area contributed by atoms with E-state index in [1.54, 1.807) is 13.0 Å². The maximum Gasteiger partial charge on any atom is 0.202 e. The van der Waals surface area contributed by atoms with E-state index < -0.39 is 5.60 Å². The average molecular weight is 138 g/mol. The molecule has 1 unspecified atom stereocenters. The first-order valence-electron chi connectivity index (χ1n) is 3.19. The summed E-state index contributed by atoms with van der Waals surface area (Å²) in [4.78, 5) is 11.0. The van der Waals surface area contributed by atoms with E-state index in [1.807, 2.05) is 0 Å². The van der Waals surface area contributed by atoms with Crippen LogP contribution in [0.15, 0.2) is 25.0 Å². The van der Waals surface area contributed by atoms with E-state index in [0.29, 0.717) is 6.42 Å². The highest BCUT2D eigenvalue weighted by Crippen LogP contribution is 2.22. The summed E-state index contributed by atoms with van der Waals surface area (Å²) in [5, 5.41) is 0. The third kappa shape index (κ3) is 0.967. The molecule has 1 atom stereocenters. The standard InChI is InChI=1S/C8H10O2/c1-3-5-8(2)7(9)4-6-10-8/h3-4,6H,1,5H2,2H3. The van der Waals surface area contributed by atoms with Crippen LogP contribution in [0.4, 0.5) is 0 Å². The summed E-state index contributed by atoms with van der Waals surface area (Å²) in [6.07, 6.45) is 5.14. The molecule has 0 aliphatic carbocycles. The Labute approximate surface area is 60.2 Å². The molecule has 0 spiro atoms. The molecule has 10 heavy (non-hydrogen) atoms. The van der Waals surface area contributed by atoms with E-state index >= 15 is 0 Å². The zero-order valence-corrected chi connectivity index (χ0v) is 5.96. The van der Waals surface area contributed by atoms with Crippen LogP contribution in [0.2, 0.25) is 0 Å². The van der Waals surface area contributed by atoms with Gasteiger partial charge in [-0.05, 0) is 6.92 Å². The molecule has 0 saturated heterocycles. The Balaban J connectivity index is 2.70. The summed E-state index contributed by atoms with van der Waals surface area (Å²) in [6.45, 7) is 5.30. The molecule has 54 valence electrons. The maximum absolute atomic E-state index is 11.0. The molecule has 1 heterocycles. The Hall–Kier alpha value is -1.05. The van der Waals surface area contributed by atoms with Crippen LogP contribution in [-0.4, -0.2) is 11.4 Å². The Bertz CT molecular complexity index is 193. The molecule has 0 aromatic heterocycles. The lowest BCUT2D eigenvalue weighted by Gasteiger charge is -2.19. The van der Waals surface area contributed by atoms with Crippen LogP contribution >= 0.6 is 0 Å². The lowest BCUT2D eigenvalue weighted by molar-refractivity contribution is -0.127. The van der Waals surface area contributed by atoms with Crippen LogP contribution in [0.3, 0.4) is 0 Å². The Kier molecular flexibility index (Phi) is 1.62. The van der Waals surface area contributed by atoms with Gasteiger partial charge in [-0.1, -0.05) is 6.08 Å². The SMILES string of the molecule is C=CCC1(C)OC=CC1=O. The van der Waals surface area contributed by atoms with Gasteiger partial charge in [-0.3, -0.25) is 4.79 Å². The second kappa shape index (κ2) is 2.29. The molecule has 0 radical (unpaired) electrons. The molecule has 0 bridgehead atoms. The van der Waals surface area contributed by atoms with Crippen molar-refractivity contribution in [2.24, 2.45) is 0 Å². The van der Waals surface area contributed by atoms with Crippen molar-refractivity contribution in [1.82, 2.24) is 0 Å². The summed E-state index contributed by atoms with van der Waals surface area (Å²) in [6, 6.07) is 0. The van der Waals surface area contributed by atoms with Gasteiger partial charge < -0.3 is 4.74 Å². The van der Waals surface area contributed by atoms with Crippen molar-refractivity contribution in [1.29, 1.82) is 0 Å². The number of hydrogen-bond acceptors (Lipinski definition) is 2. The van der Waals surface area contributed by atoms with Crippen molar-refractivity contribution < 1.29 is 9.53 Å². The van der Waals surface area contributed by atoms with Crippen LogP contribution in [0.5, 0.6) is 0 Å². The number of ether oxygens (including phenoxy) is 1. The second-order valence-electron chi connectivity index (χ2n) is 2.51. The molecule has 0 aromatic carbocycles. The average Bonchev–Trinajstić information content (AvgIpc) is 2.15. The fourth-order valence-electron chi connectivity index (χ4n) is 0.904. The molecule has 1 rings (SSSR count). The van der Waals surface area contributed by atoms with E-state index in [1.165, 1.54) is 12.3 Å². The third-order valence-corrected chi connectivity index (χ3v) is 1.60. The highest BCUT2D eigenvalue weighted by Gasteiger charge is 2.34. The van der Waals surface area contributed by atoms with Crippen LogP contribution in [0, 0.1) is 0 Å². The minimum absolute atomic E-state index is 0.0207. The lowest BCUT2D eigenvalue weighted by atomic mass is 9.98. The van der Waals surface area contributed by atoms with E-state index in [9.17, 15) is 4.79 Å². The number of rotatable bonds is 2. The van der Waals surface area contributed by atoms with Crippen molar-refractivity contribution in [2.75, 3.05) is 0 Å². The molecule has 0 saturated carbocycles. The van der Waals surface area contributed by atoms with Crippen LogP contribution in [0.1, 0.15) is 13.3 Å². The van der Waals surface area contributed by atoms with Crippen LogP contribution < -0.4 is 0 Å². The molecule has 0 N–H and O–H groups in total. The van der Waals surface area contributed by atoms with Crippen molar-refractivity contribution in [3.05, 3.63) is 25.0 Å². The zero-order chi connectivity index (χ0) is 7.61. The maximum atomic E-state index is 11.0. The minimum atomic E-state index is -0.665. The zero-order valence-electron chi connectivity index (χ0n) is 5.96. The molecular formula is C8H10O2. The summed E-state index contributed by atoms with van der Waals surface area (Å²) < 4.78 is 5.09. The highest BCUT2D eigenvalue weighted by atomic mass is 16.5. The van der Waals surface area contributed by atoms with E-state index in [2.05, 4.69) is 6.58 Å². The van der Waals surface area contributed by atoms with Crippen molar-refractivity contribution >= 4 is 5.78 Å². The predicted octanol–water partition coefficient (Wildman–Crippen LogP) is 1.43. The van der Waals surface area contributed by atoms with Crippen LogP contribution in [0.25, 0.3) is 0 Å². The van der Waals surface area contributed by atoms with Crippen molar-refractivity contribution in [3.63, 3.8) is 0 Å². The van der Waals surface area contributed by atoms with Gasteiger partial charge in [0.2, 0.25) is 5.78 Å². The van der Waals surface area contributed by atoms with E-state index in [4.69, 9.17) is 4.74 Å². The van der Waals surface area contributed by atoms with Gasteiger partial charge in [-0.25, -0.2) is 0 Å². The fraction of sp³-hybridized carbons (Fsp3) is 0.375. The molecule has 0 aromatic rings. The van der Waals surface area contributed by atoms with Gasteiger partial charge in [-0.15, -0.1) is 6.58 Å². The van der Waals surface area contributed by atoms with Gasteiger partial charge in [0.25, 0.3) is 0 Å². The van der Waals surface area contributed by atoms with Gasteiger partial charge in [-0.2, -0.15) is 0 Å². The number of ketones is 1. The first-order chi connectivity index (χ1) is 4.69. The monoisotopic (exact) mass is 138 g/mol. The fourth-order valence-corrected chi connectivity index (χ4v) is 0.904. The van der Waals surface area contributed by atoms with Gasteiger partial charge in [0.1, 0.15) is 0 Å². The van der Waals surface area contributed by atoms with Gasteiger partial charge in [0.05, 0.1) is 6.26 Å². The molecule has 1 aliphatic heterocycles. The molecule has 0 amide bonds. The first kappa shape index (κ1) is 7.06. The summed E-state index contributed by atoms with van der Waals surface area (Å²) in [7, 11) is 0. The van der Waals surface area contributed by atoms with E-state index in [-0.39, 0.29) is 5.78 Å². The Morgan fingerprint density at radius 1 is 1.90 bits per heavy atom. The Morgan fingerprint density at radius 3 is 3.00 bits per heavy atom. The summed E-state index contributed by atoms with van der Waals surface area (Å²) in [5.41, 5.74) is -0.665. The number of hydrogen-bond donors (Lipinski definition) is 0. The van der Waals surface area contributed by atoms with Gasteiger partial charge in [0, 0.05) is 12.5 Å². The molecule has 2 nitrogen and oxygen atoms in total. The number of carbonyl (C=O) groups excluding carboxylic acids is 1. The largest absolute Gasteiger partial charge is 0.487 e. The molecule has 1 aliphatic rings. The quantitative estimate of drug-likeness (QED) is 0.539. The lowest BCUT2D eigenvalue weighted by Crippen LogP contribution is -2.31. The first-order valence-corrected chi connectivity index (χ1v) is 3.19. The molecule has 0 fully saturated rings. The second-order valence-corrected chi connectivity index (χ2v) is 2.51. The van der Waals surface area contributed by atoms with Crippen LogP contribution in [-0.2, 0) is 9.53 Å². The minimum Gasteiger partial charge on any atom is -0.487 e. The Morgan fingerprint density at radius 2 is 2.60 bits per heavy atom. The number of carbonyl (C=O) groups is 1. The summed E-state index contributed by atoms with van der Waals surface area (Å²) in [5.74, 6) is 0.0207.